The molecule has 0 amide bonds. The van der Waals surface area contributed by atoms with Crippen molar-refractivity contribution in [3.05, 3.63) is 0 Å². The van der Waals surface area contributed by atoms with Gasteiger partial charge in [-0.25, -0.2) is 8.78 Å². The highest BCUT2D eigenvalue weighted by molar-refractivity contribution is 4.85. The Morgan fingerprint density at radius 1 is 0.833 bits per heavy atom. The summed E-state index contributed by atoms with van der Waals surface area (Å²) in [6.45, 7) is 10.2. The number of rotatable bonds is 2. The quantitative estimate of drug-likeness (QED) is 0.597. The molecule has 0 aliphatic carbocycles. The molecule has 0 N–H and O–H groups in total. The largest absolute Gasteiger partial charge is 0.250 e. The lowest BCUT2D eigenvalue weighted by Gasteiger charge is -2.36. The fraction of sp³-hybridized carbons (Fsp3) is 1.00. The van der Waals surface area contributed by atoms with Gasteiger partial charge in [-0.3, -0.25) is 0 Å². The van der Waals surface area contributed by atoms with Crippen LogP contribution in [-0.2, 0) is 0 Å². The van der Waals surface area contributed by atoms with E-state index in [0.29, 0.717) is 6.42 Å². The summed E-state index contributed by atoms with van der Waals surface area (Å²) in [7, 11) is 0. The zero-order valence-corrected chi connectivity index (χ0v) is 8.96. The highest BCUT2D eigenvalue weighted by Gasteiger charge is 2.43. The molecule has 0 spiro atoms. The van der Waals surface area contributed by atoms with Crippen LogP contribution in [-0.4, -0.2) is 5.92 Å². The summed E-state index contributed by atoms with van der Waals surface area (Å²) in [6, 6.07) is 0. The molecule has 0 aromatic carbocycles. The molecule has 0 unspecified atom stereocenters. The van der Waals surface area contributed by atoms with Gasteiger partial charge < -0.3 is 0 Å². The molecule has 0 atom stereocenters. The molecule has 0 saturated carbocycles. The number of hydrogen-bond donors (Lipinski definition) is 0. The van der Waals surface area contributed by atoms with E-state index in [0.717, 1.165) is 6.92 Å². The van der Waals surface area contributed by atoms with Crippen LogP contribution in [0.15, 0.2) is 0 Å². The molecule has 2 heteroatoms. The van der Waals surface area contributed by atoms with Crippen LogP contribution < -0.4 is 0 Å². The molecule has 0 heterocycles. The third-order valence-electron chi connectivity index (χ3n) is 2.16. The molecule has 0 aliphatic rings. The average molecular weight is 178 g/mol. The highest BCUT2D eigenvalue weighted by atomic mass is 19.3. The molecule has 0 nitrogen and oxygen atoms in total. The van der Waals surface area contributed by atoms with Crippen molar-refractivity contribution < 1.29 is 8.78 Å². The fourth-order valence-corrected chi connectivity index (χ4v) is 1.48. The molecule has 0 saturated heterocycles. The second-order valence-corrected chi connectivity index (χ2v) is 5.51. The first-order chi connectivity index (χ1) is 4.96. The standard InChI is InChI=1S/C10H20F2/c1-8(2,3)7-9(4,5)10(6,11)12/h7H2,1-6H3. The van der Waals surface area contributed by atoms with Crippen molar-refractivity contribution in [3.8, 4) is 0 Å². The first kappa shape index (κ1) is 11.9. The second kappa shape index (κ2) is 2.97. The van der Waals surface area contributed by atoms with Crippen molar-refractivity contribution in [1.82, 2.24) is 0 Å². The minimum Gasteiger partial charge on any atom is -0.207 e. The first-order valence-electron chi connectivity index (χ1n) is 4.34. The molecule has 0 aliphatic heterocycles. The van der Waals surface area contributed by atoms with E-state index >= 15 is 0 Å². The Kier molecular flexibility index (Phi) is 2.93. The van der Waals surface area contributed by atoms with Crippen LogP contribution in [0.4, 0.5) is 8.78 Å². The van der Waals surface area contributed by atoms with Gasteiger partial charge in [0, 0.05) is 5.41 Å². The normalized spacial score (nSPS) is 15.0. The van der Waals surface area contributed by atoms with E-state index in [4.69, 9.17) is 0 Å². The summed E-state index contributed by atoms with van der Waals surface area (Å²) >= 11 is 0. The summed E-state index contributed by atoms with van der Waals surface area (Å²) in [5.41, 5.74) is -0.950. The Labute approximate surface area is 74.4 Å². The van der Waals surface area contributed by atoms with Crippen molar-refractivity contribution in [1.29, 1.82) is 0 Å². The summed E-state index contributed by atoms with van der Waals surface area (Å²) < 4.78 is 26.1. The van der Waals surface area contributed by atoms with Crippen LogP contribution in [0.25, 0.3) is 0 Å². The smallest absolute Gasteiger partial charge is 0.207 e. The highest BCUT2D eigenvalue weighted by Crippen LogP contribution is 2.44. The predicted octanol–water partition coefficient (Wildman–Crippen LogP) is 4.10. The molecule has 0 aromatic rings. The number of alkyl halides is 2. The Bertz CT molecular complexity index is 146. The van der Waals surface area contributed by atoms with Gasteiger partial charge in [0.1, 0.15) is 0 Å². The third-order valence-corrected chi connectivity index (χ3v) is 2.16. The Morgan fingerprint density at radius 3 is 1.25 bits per heavy atom. The van der Waals surface area contributed by atoms with E-state index in [1.165, 1.54) is 0 Å². The maximum absolute atomic E-state index is 13.0. The second-order valence-electron chi connectivity index (χ2n) is 5.51. The fourth-order valence-electron chi connectivity index (χ4n) is 1.48. The van der Waals surface area contributed by atoms with E-state index < -0.39 is 11.3 Å². The van der Waals surface area contributed by atoms with E-state index in [-0.39, 0.29) is 5.41 Å². The average Bonchev–Trinajstić information content (AvgIpc) is 1.52. The Balaban J connectivity index is 4.44. The van der Waals surface area contributed by atoms with Crippen LogP contribution in [0.1, 0.15) is 48.0 Å². The van der Waals surface area contributed by atoms with E-state index in [2.05, 4.69) is 0 Å². The van der Waals surface area contributed by atoms with Crippen molar-refractivity contribution >= 4 is 0 Å². The molecule has 0 bridgehead atoms. The van der Waals surface area contributed by atoms with Gasteiger partial charge in [-0.05, 0) is 18.8 Å². The topological polar surface area (TPSA) is 0 Å². The van der Waals surface area contributed by atoms with Crippen LogP contribution in [0.3, 0.4) is 0 Å². The van der Waals surface area contributed by atoms with E-state index in [1.807, 2.05) is 20.8 Å². The molecule has 74 valence electrons. The Hall–Kier alpha value is -0.140. The molecule has 12 heavy (non-hydrogen) atoms. The number of hydrogen-bond acceptors (Lipinski definition) is 0. The van der Waals surface area contributed by atoms with Crippen LogP contribution in [0, 0.1) is 10.8 Å². The van der Waals surface area contributed by atoms with Crippen LogP contribution in [0.2, 0.25) is 0 Å². The Morgan fingerprint density at radius 2 is 1.17 bits per heavy atom. The lowest BCUT2D eigenvalue weighted by Crippen LogP contribution is -2.36. The monoisotopic (exact) mass is 178 g/mol. The first-order valence-corrected chi connectivity index (χ1v) is 4.34. The van der Waals surface area contributed by atoms with Gasteiger partial charge in [0.25, 0.3) is 0 Å². The number of halogens is 2. The van der Waals surface area contributed by atoms with Gasteiger partial charge >= 0.3 is 0 Å². The van der Waals surface area contributed by atoms with Crippen molar-refractivity contribution in [3.63, 3.8) is 0 Å². The third kappa shape index (κ3) is 3.51. The van der Waals surface area contributed by atoms with Crippen molar-refractivity contribution in [2.75, 3.05) is 0 Å². The van der Waals surface area contributed by atoms with Gasteiger partial charge in [0.05, 0.1) is 0 Å². The van der Waals surface area contributed by atoms with E-state index in [9.17, 15) is 8.78 Å². The van der Waals surface area contributed by atoms with Crippen molar-refractivity contribution in [2.45, 2.75) is 53.9 Å². The van der Waals surface area contributed by atoms with Crippen molar-refractivity contribution in [2.24, 2.45) is 10.8 Å². The SMILES string of the molecule is CC(C)(C)CC(C)(C)C(C)(F)F. The van der Waals surface area contributed by atoms with Gasteiger partial charge in [-0.2, -0.15) is 0 Å². The summed E-state index contributed by atoms with van der Waals surface area (Å²) in [5, 5.41) is 0. The molecule has 0 rings (SSSR count). The lowest BCUT2D eigenvalue weighted by molar-refractivity contribution is -0.104. The molecule has 0 aromatic heterocycles. The maximum Gasteiger partial charge on any atom is 0.250 e. The molecular weight excluding hydrogens is 158 g/mol. The zero-order chi connectivity index (χ0) is 10.2. The van der Waals surface area contributed by atoms with Crippen LogP contribution >= 0.6 is 0 Å². The molecular formula is C10H20F2. The molecule has 0 radical (unpaired) electrons. The minimum atomic E-state index is -2.60. The lowest BCUT2D eigenvalue weighted by atomic mass is 9.73. The van der Waals surface area contributed by atoms with Gasteiger partial charge in [0.2, 0.25) is 5.92 Å². The zero-order valence-electron chi connectivity index (χ0n) is 8.96. The predicted molar refractivity (Wildman–Crippen MR) is 48.5 cm³/mol. The van der Waals surface area contributed by atoms with Gasteiger partial charge in [-0.15, -0.1) is 0 Å². The summed E-state index contributed by atoms with van der Waals surface area (Å²) in [6.07, 6.45) is 0.531. The maximum atomic E-state index is 13.0. The van der Waals surface area contributed by atoms with Crippen LogP contribution in [0.5, 0.6) is 0 Å². The van der Waals surface area contributed by atoms with Gasteiger partial charge in [0.15, 0.2) is 0 Å². The minimum absolute atomic E-state index is 0.0388. The summed E-state index contributed by atoms with van der Waals surface area (Å²) in [4.78, 5) is 0. The van der Waals surface area contributed by atoms with E-state index in [1.54, 1.807) is 13.8 Å². The molecule has 0 fully saturated rings. The van der Waals surface area contributed by atoms with Gasteiger partial charge in [-0.1, -0.05) is 34.6 Å². The summed E-state index contributed by atoms with van der Waals surface area (Å²) in [5.74, 6) is -2.60.